The summed E-state index contributed by atoms with van der Waals surface area (Å²) in [4.78, 5) is 46.6. The highest BCUT2D eigenvalue weighted by molar-refractivity contribution is 5.80. The molecule has 4 heterocycles. The van der Waals surface area contributed by atoms with Crippen LogP contribution >= 0.6 is 0 Å². The van der Waals surface area contributed by atoms with Gasteiger partial charge in [0.2, 0.25) is 23.0 Å². The monoisotopic (exact) mass is 799 g/mol. The summed E-state index contributed by atoms with van der Waals surface area (Å²) in [5, 5.41) is 46.9. The zero-order valence-corrected chi connectivity index (χ0v) is 29.3. The number of rotatable bonds is 14. The van der Waals surface area contributed by atoms with Gasteiger partial charge in [0, 0.05) is 19.6 Å². The molecule has 8 rings (SSSR count). The minimum absolute atomic E-state index is 0.00367. The summed E-state index contributed by atoms with van der Waals surface area (Å²) < 4.78 is 58.4. The first-order valence-corrected chi connectivity index (χ1v) is 16.8. The maximum Gasteiger partial charge on any atom is 0.442 e. The number of aliphatic carboxylic acids is 1. The van der Waals surface area contributed by atoms with Gasteiger partial charge in [-0.3, -0.25) is 13.8 Å². The number of hydrogen-bond donors (Lipinski definition) is 4. The first kappa shape index (κ1) is 39.8. The molecule has 57 heavy (non-hydrogen) atoms. The van der Waals surface area contributed by atoms with E-state index in [1.165, 1.54) is 33.4 Å². The van der Waals surface area contributed by atoms with Gasteiger partial charge in [0.25, 0.3) is 11.8 Å². The van der Waals surface area contributed by atoms with Crippen LogP contribution < -0.4 is 26.7 Å². The van der Waals surface area contributed by atoms with E-state index in [2.05, 4.69) is 44.7 Å². The third-order valence-corrected chi connectivity index (χ3v) is 8.44. The maximum atomic E-state index is 13.6. The number of ether oxygens (including phenoxy) is 2. The Bertz CT molecular complexity index is 2470. The van der Waals surface area contributed by atoms with Gasteiger partial charge in [-0.2, -0.15) is 0 Å². The number of benzene rings is 2. The van der Waals surface area contributed by atoms with E-state index >= 15 is 0 Å². The van der Waals surface area contributed by atoms with Gasteiger partial charge in [-0.05, 0) is 86.4 Å². The van der Waals surface area contributed by atoms with Crippen molar-refractivity contribution in [1.29, 1.82) is 0 Å². The molecule has 0 saturated carbocycles. The van der Waals surface area contributed by atoms with Gasteiger partial charge in [-0.25, -0.2) is 41.6 Å². The molecule has 5 N–H and O–H groups in total. The lowest BCUT2D eigenvalue weighted by atomic mass is 9.83. The van der Waals surface area contributed by atoms with Gasteiger partial charge in [-0.15, -0.1) is 0 Å². The molecule has 6 aromatic rings. The second-order valence-electron chi connectivity index (χ2n) is 12.1. The molecule has 0 aliphatic heterocycles. The van der Waals surface area contributed by atoms with E-state index in [4.69, 9.17) is 35.1 Å². The summed E-state index contributed by atoms with van der Waals surface area (Å²) in [7, 11) is 0. The number of ketones is 1. The zero-order valence-electron chi connectivity index (χ0n) is 29.3. The SMILES string of the molecule is NCCO.O=C(CCCO)COc1nonc1-c1noc(=O)n1C1Cc2ccc(F)cc21.O=C(O)COc1nonc1-c1noc(=O)n1C1Cc2ccc(F)cc21. The normalized spacial score (nSPS) is 14.8. The lowest BCUT2D eigenvalue weighted by Crippen LogP contribution is -2.31. The Morgan fingerprint density at radius 1 is 0.754 bits per heavy atom. The molecule has 2 aliphatic rings. The van der Waals surface area contributed by atoms with Crippen molar-refractivity contribution in [2.45, 2.75) is 37.8 Å². The highest BCUT2D eigenvalue weighted by Crippen LogP contribution is 2.40. The van der Waals surface area contributed by atoms with Crippen LogP contribution in [0.15, 0.2) is 64.3 Å². The van der Waals surface area contributed by atoms with Crippen molar-refractivity contribution >= 4 is 11.8 Å². The molecule has 4 aromatic heterocycles. The predicted molar refractivity (Wildman–Crippen MR) is 181 cm³/mol. The minimum atomic E-state index is -1.23. The number of carboxylic acids is 1. The Morgan fingerprint density at radius 2 is 1.23 bits per heavy atom. The second kappa shape index (κ2) is 17.7. The third-order valence-electron chi connectivity index (χ3n) is 8.44. The number of fused-ring (bicyclic) bond motifs is 2. The first-order chi connectivity index (χ1) is 27.5. The Hall–Kier alpha value is -6.92. The van der Waals surface area contributed by atoms with Gasteiger partial charge < -0.3 is 30.5 Å². The van der Waals surface area contributed by atoms with Crippen LogP contribution in [0.5, 0.6) is 11.8 Å². The number of aliphatic hydroxyl groups is 2. The highest BCUT2D eigenvalue weighted by atomic mass is 19.1. The van der Waals surface area contributed by atoms with E-state index in [1.807, 2.05) is 0 Å². The predicted octanol–water partition coefficient (Wildman–Crippen LogP) is 0.463. The summed E-state index contributed by atoms with van der Waals surface area (Å²) >= 11 is 0. The zero-order chi connectivity index (χ0) is 40.6. The van der Waals surface area contributed by atoms with Gasteiger partial charge in [0.15, 0.2) is 12.4 Å². The van der Waals surface area contributed by atoms with Gasteiger partial charge in [-0.1, -0.05) is 22.4 Å². The maximum absolute atomic E-state index is 13.6. The molecule has 0 radical (unpaired) electrons. The van der Waals surface area contributed by atoms with Crippen molar-refractivity contribution in [1.82, 2.24) is 40.1 Å². The smallest absolute Gasteiger partial charge is 0.442 e. The van der Waals surface area contributed by atoms with Crippen molar-refractivity contribution in [2.75, 3.05) is 33.0 Å². The molecule has 0 amide bonds. The van der Waals surface area contributed by atoms with E-state index in [1.54, 1.807) is 12.1 Å². The van der Waals surface area contributed by atoms with Crippen molar-refractivity contribution in [2.24, 2.45) is 5.73 Å². The van der Waals surface area contributed by atoms with E-state index in [9.17, 15) is 28.0 Å². The number of carbonyl (C=O) groups excluding carboxylic acids is 1. The third kappa shape index (κ3) is 8.66. The fraction of sp³-hybridized carbons (Fsp3) is 0.333. The number of carbonyl (C=O) groups is 2. The largest absolute Gasteiger partial charge is 0.479 e. The van der Waals surface area contributed by atoms with Crippen LogP contribution in [0, 0.1) is 11.6 Å². The number of nitrogens with zero attached hydrogens (tertiary/aromatic N) is 8. The van der Waals surface area contributed by atoms with Crippen LogP contribution in [-0.4, -0.2) is 100 Å². The molecule has 22 nitrogen and oxygen atoms in total. The number of aliphatic hydroxyl groups excluding tert-OH is 2. The molecule has 2 aromatic carbocycles. The first-order valence-electron chi connectivity index (χ1n) is 16.8. The fourth-order valence-electron chi connectivity index (χ4n) is 5.79. The molecular formula is C33H31F2N9O13. The summed E-state index contributed by atoms with van der Waals surface area (Å²) in [5.74, 6) is -4.26. The van der Waals surface area contributed by atoms with Crippen LogP contribution in [-0.2, 0) is 22.4 Å². The van der Waals surface area contributed by atoms with Gasteiger partial charge >= 0.3 is 17.5 Å². The summed E-state index contributed by atoms with van der Waals surface area (Å²) in [6, 6.07) is 7.70. The lowest BCUT2D eigenvalue weighted by molar-refractivity contribution is -0.139. The average molecular weight is 800 g/mol. The molecule has 0 bridgehead atoms. The van der Waals surface area contributed by atoms with E-state index in [0.29, 0.717) is 36.9 Å². The Kier molecular flexibility index (Phi) is 12.3. The molecule has 300 valence electrons. The highest BCUT2D eigenvalue weighted by Gasteiger charge is 2.36. The van der Waals surface area contributed by atoms with Crippen LogP contribution in [0.1, 0.15) is 47.2 Å². The van der Waals surface area contributed by atoms with Crippen molar-refractivity contribution in [3.05, 3.63) is 91.4 Å². The van der Waals surface area contributed by atoms with Crippen LogP contribution in [0.3, 0.4) is 0 Å². The van der Waals surface area contributed by atoms with E-state index in [0.717, 1.165) is 11.1 Å². The Morgan fingerprint density at radius 3 is 1.67 bits per heavy atom. The Labute approximate surface area is 315 Å². The number of hydrogen-bond acceptors (Lipinski definition) is 19. The van der Waals surface area contributed by atoms with Crippen molar-refractivity contribution in [3.63, 3.8) is 0 Å². The number of nitrogens with two attached hydrogens (primary N) is 1. The van der Waals surface area contributed by atoms with Gasteiger partial charge in [0.1, 0.15) is 18.2 Å². The molecule has 2 unspecified atom stereocenters. The minimum Gasteiger partial charge on any atom is -0.479 e. The van der Waals surface area contributed by atoms with Crippen LogP contribution in [0.2, 0.25) is 0 Å². The molecule has 0 saturated heterocycles. The summed E-state index contributed by atoms with van der Waals surface area (Å²) in [6.45, 7) is -0.612. The summed E-state index contributed by atoms with van der Waals surface area (Å²) in [5.41, 5.74) is 7.75. The topological polar surface area (TPSA) is 313 Å². The molecule has 2 atom stereocenters. The van der Waals surface area contributed by atoms with Crippen molar-refractivity contribution in [3.8, 4) is 34.8 Å². The van der Waals surface area contributed by atoms with E-state index in [-0.39, 0.29) is 66.8 Å². The molecule has 24 heteroatoms. The molecule has 2 aliphatic carbocycles. The molecular weight excluding hydrogens is 768 g/mol. The number of Topliss-reactive ketones (excluding diaryl/α,β-unsaturated/α-hetero) is 1. The van der Waals surface area contributed by atoms with Gasteiger partial charge in [0.05, 0.1) is 18.7 Å². The lowest BCUT2D eigenvalue weighted by Gasteiger charge is -2.30. The quantitative estimate of drug-likeness (QED) is 0.116. The van der Waals surface area contributed by atoms with Crippen molar-refractivity contribution < 1.29 is 61.5 Å². The average Bonchev–Trinajstić information content (AvgIpc) is 4.00. The number of carboxylic acid groups (broad SMARTS) is 1. The fourth-order valence-corrected chi connectivity index (χ4v) is 5.79. The number of aromatic nitrogens is 8. The second-order valence-corrected chi connectivity index (χ2v) is 12.1. The molecule has 0 fully saturated rings. The van der Waals surface area contributed by atoms with Crippen LogP contribution in [0.25, 0.3) is 23.0 Å². The summed E-state index contributed by atoms with van der Waals surface area (Å²) in [6.07, 6.45) is 1.44. The number of halogens is 2. The van der Waals surface area contributed by atoms with E-state index < -0.39 is 47.8 Å². The Balaban J connectivity index is 0.000000177. The van der Waals surface area contributed by atoms with Crippen LogP contribution in [0.4, 0.5) is 8.78 Å². The molecule has 0 spiro atoms. The standard InChI is InChI=1S/C17H15FN4O6.C14H9FN4O6.C2H7NO/c18-10-4-3-9-6-13(12(9)7-10)22-15(20-27-17(22)25)14-16(21-28-19-14)26-8-11(24)2-1-5-23;15-7-2-1-6-3-9(8(6)4-7)19-12(17-24-14(19)22)11-13(18-25-16-11)23-5-10(20)21;3-1-2-4/h3-4,7,13,23H,1-2,5-6,8H2;1-2,4,9H,3,5H2,(H,20,21);4H,1-3H2.